The number of aromatic amines is 1. The van der Waals surface area contributed by atoms with E-state index in [2.05, 4.69) is 25.9 Å². The SMILES string of the molecule is CCNC(=NCCc1c[nH]c2cc(F)ccc12)NCCNC(=O)c1ccc(O)cc1. The molecule has 3 aromatic rings. The third-order valence-corrected chi connectivity index (χ3v) is 4.56. The normalized spacial score (nSPS) is 11.5. The molecule has 0 radical (unpaired) electrons. The van der Waals surface area contributed by atoms with Crippen molar-refractivity contribution in [3.05, 3.63) is 65.6 Å². The number of halogens is 1. The van der Waals surface area contributed by atoms with E-state index < -0.39 is 0 Å². The number of benzene rings is 2. The van der Waals surface area contributed by atoms with Gasteiger partial charge in [0, 0.05) is 48.8 Å². The zero-order valence-corrected chi connectivity index (χ0v) is 16.8. The molecule has 0 atom stereocenters. The molecule has 0 unspecified atom stereocenters. The quantitative estimate of drug-likeness (QED) is 0.223. The largest absolute Gasteiger partial charge is 0.508 e. The summed E-state index contributed by atoms with van der Waals surface area (Å²) in [6, 6.07) is 10.8. The van der Waals surface area contributed by atoms with Crippen LogP contribution >= 0.6 is 0 Å². The van der Waals surface area contributed by atoms with E-state index in [0.717, 1.165) is 29.4 Å². The molecular weight excluding hydrogens is 385 g/mol. The molecule has 7 nitrogen and oxygen atoms in total. The number of phenolic OH excluding ortho intramolecular Hbond substituents is 1. The number of H-pyrrole nitrogens is 1. The van der Waals surface area contributed by atoms with Gasteiger partial charge in [-0.2, -0.15) is 0 Å². The molecule has 0 spiro atoms. The van der Waals surface area contributed by atoms with Crippen molar-refractivity contribution in [3.63, 3.8) is 0 Å². The van der Waals surface area contributed by atoms with Crippen LogP contribution in [0.5, 0.6) is 5.75 Å². The van der Waals surface area contributed by atoms with Gasteiger partial charge in [-0.25, -0.2) is 4.39 Å². The highest BCUT2D eigenvalue weighted by Gasteiger charge is 2.06. The van der Waals surface area contributed by atoms with E-state index in [9.17, 15) is 14.3 Å². The van der Waals surface area contributed by atoms with Gasteiger partial charge in [-0.15, -0.1) is 0 Å². The van der Waals surface area contributed by atoms with Crippen molar-refractivity contribution in [1.82, 2.24) is 20.9 Å². The van der Waals surface area contributed by atoms with Crippen LogP contribution in [0.1, 0.15) is 22.8 Å². The first kappa shape index (κ1) is 21.2. The van der Waals surface area contributed by atoms with Crippen molar-refractivity contribution in [2.24, 2.45) is 4.99 Å². The van der Waals surface area contributed by atoms with Crippen molar-refractivity contribution in [2.75, 3.05) is 26.2 Å². The maximum atomic E-state index is 13.3. The lowest BCUT2D eigenvalue weighted by molar-refractivity contribution is 0.0954. The average Bonchev–Trinajstić information content (AvgIpc) is 3.13. The number of rotatable bonds is 8. The summed E-state index contributed by atoms with van der Waals surface area (Å²) in [5.74, 6) is 0.335. The van der Waals surface area contributed by atoms with Crippen LogP contribution < -0.4 is 16.0 Å². The van der Waals surface area contributed by atoms with Gasteiger partial charge in [0.15, 0.2) is 5.96 Å². The summed E-state index contributed by atoms with van der Waals surface area (Å²) in [5, 5.41) is 19.5. The van der Waals surface area contributed by atoms with E-state index in [-0.39, 0.29) is 17.5 Å². The fraction of sp³-hybridized carbons (Fsp3) is 0.273. The number of carbonyl (C=O) groups is 1. The van der Waals surface area contributed by atoms with E-state index in [0.29, 0.717) is 31.2 Å². The minimum atomic E-state index is -0.259. The molecule has 0 saturated carbocycles. The first-order chi connectivity index (χ1) is 14.6. The summed E-state index contributed by atoms with van der Waals surface area (Å²) < 4.78 is 13.3. The van der Waals surface area contributed by atoms with Gasteiger partial charge in [0.2, 0.25) is 0 Å². The summed E-state index contributed by atoms with van der Waals surface area (Å²) in [6.45, 7) is 4.22. The Balaban J connectivity index is 1.47. The standard InChI is InChI=1S/C22H26FN5O2/c1-2-24-22(27-12-11-25-21(30)15-3-6-18(29)7-4-15)26-10-9-16-14-28-20-13-17(23)5-8-19(16)20/h3-8,13-14,28-29H,2,9-12H2,1H3,(H,25,30)(H2,24,26,27). The minimum Gasteiger partial charge on any atom is -0.508 e. The second kappa shape index (κ2) is 10.3. The Labute approximate surface area is 174 Å². The number of guanidine groups is 1. The number of hydrogen-bond donors (Lipinski definition) is 5. The van der Waals surface area contributed by atoms with E-state index in [1.165, 1.54) is 24.3 Å². The van der Waals surface area contributed by atoms with Gasteiger partial charge in [0.05, 0.1) is 0 Å². The number of fused-ring (bicyclic) bond motifs is 1. The Morgan fingerprint density at radius 1 is 1.10 bits per heavy atom. The maximum Gasteiger partial charge on any atom is 0.251 e. The number of aromatic nitrogens is 1. The molecule has 1 heterocycles. The van der Waals surface area contributed by atoms with Crippen molar-refractivity contribution in [3.8, 4) is 5.75 Å². The van der Waals surface area contributed by atoms with Crippen molar-refractivity contribution in [2.45, 2.75) is 13.3 Å². The summed E-state index contributed by atoms with van der Waals surface area (Å²) in [5.41, 5.74) is 2.36. The van der Waals surface area contributed by atoms with Crippen molar-refractivity contribution >= 4 is 22.8 Å². The van der Waals surface area contributed by atoms with Crippen LogP contribution in [0.15, 0.2) is 53.7 Å². The van der Waals surface area contributed by atoms with Crippen LogP contribution in [-0.4, -0.2) is 48.1 Å². The lowest BCUT2D eigenvalue weighted by atomic mass is 10.1. The fourth-order valence-electron chi connectivity index (χ4n) is 3.07. The predicted molar refractivity (Wildman–Crippen MR) is 116 cm³/mol. The Kier molecular flexibility index (Phi) is 7.26. The van der Waals surface area contributed by atoms with Crippen LogP contribution in [-0.2, 0) is 6.42 Å². The molecular formula is C22H26FN5O2. The number of aromatic hydroxyl groups is 1. The van der Waals surface area contributed by atoms with Crippen molar-refractivity contribution in [1.29, 1.82) is 0 Å². The molecule has 0 aliphatic heterocycles. The molecule has 30 heavy (non-hydrogen) atoms. The highest BCUT2D eigenvalue weighted by molar-refractivity contribution is 5.94. The smallest absolute Gasteiger partial charge is 0.251 e. The summed E-state index contributed by atoms with van der Waals surface area (Å²) >= 11 is 0. The highest BCUT2D eigenvalue weighted by Crippen LogP contribution is 2.19. The first-order valence-corrected chi connectivity index (χ1v) is 9.91. The number of carbonyl (C=O) groups excluding carboxylic acids is 1. The van der Waals surface area contributed by atoms with E-state index in [4.69, 9.17) is 0 Å². The Morgan fingerprint density at radius 3 is 2.63 bits per heavy atom. The average molecular weight is 411 g/mol. The Bertz CT molecular complexity index is 1010. The lowest BCUT2D eigenvalue weighted by Crippen LogP contribution is -2.41. The van der Waals surface area contributed by atoms with E-state index in [1.807, 2.05) is 13.1 Å². The Morgan fingerprint density at radius 2 is 1.87 bits per heavy atom. The van der Waals surface area contributed by atoms with Crippen LogP contribution in [0.25, 0.3) is 10.9 Å². The number of nitrogens with zero attached hydrogens (tertiary/aromatic N) is 1. The topological polar surface area (TPSA) is 102 Å². The number of nitrogens with one attached hydrogen (secondary N) is 4. The van der Waals surface area contributed by atoms with Crippen LogP contribution in [0.2, 0.25) is 0 Å². The van der Waals surface area contributed by atoms with Crippen LogP contribution in [0, 0.1) is 5.82 Å². The molecule has 5 N–H and O–H groups in total. The maximum absolute atomic E-state index is 13.3. The van der Waals surface area contributed by atoms with Crippen molar-refractivity contribution < 1.29 is 14.3 Å². The zero-order valence-electron chi connectivity index (χ0n) is 16.8. The summed E-state index contributed by atoms with van der Waals surface area (Å²) in [7, 11) is 0. The Hall–Kier alpha value is -3.55. The molecule has 8 heteroatoms. The molecule has 2 aromatic carbocycles. The molecule has 1 amide bonds. The monoisotopic (exact) mass is 411 g/mol. The number of amides is 1. The fourth-order valence-corrected chi connectivity index (χ4v) is 3.07. The van der Waals surface area contributed by atoms with Gasteiger partial charge in [0.1, 0.15) is 11.6 Å². The molecule has 0 saturated heterocycles. The first-order valence-electron chi connectivity index (χ1n) is 9.91. The van der Waals surface area contributed by atoms with Gasteiger partial charge < -0.3 is 26.0 Å². The van der Waals surface area contributed by atoms with Gasteiger partial charge in [0.25, 0.3) is 5.91 Å². The summed E-state index contributed by atoms with van der Waals surface area (Å²) in [6.07, 6.45) is 2.61. The molecule has 0 aliphatic rings. The third-order valence-electron chi connectivity index (χ3n) is 4.56. The zero-order chi connectivity index (χ0) is 21.3. The van der Waals surface area contributed by atoms with Gasteiger partial charge >= 0.3 is 0 Å². The lowest BCUT2D eigenvalue weighted by Gasteiger charge is -2.12. The number of aliphatic imine (C=N–C) groups is 1. The summed E-state index contributed by atoms with van der Waals surface area (Å²) in [4.78, 5) is 19.7. The second-order valence-corrected chi connectivity index (χ2v) is 6.74. The molecule has 1 aromatic heterocycles. The number of hydrogen-bond acceptors (Lipinski definition) is 3. The molecule has 0 bridgehead atoms. The van der Waals surface area contributed by atoms with Gasteiger partial charge in [-0.05, 0) is 61.4 Å². The second-order valence-electron chi connectivity index (χ2n) is 6.74. The molecule has 158 valence electrons. The number of phenols is 1. The van der Waals surface area contributed by atoms with E-state index >= 15 is 0 Å². The van der Waals surface area contributed by atoms with E-state index in [1.54, 1.807) is 18.2 Å². The van der Waals surface area contributed by atoms with Gasteiger partial charge in [-0.1, -0.05) is 0 Å². The van der Waals surface area contributed by atoms with Crippen LogP contribution in [0.4, 0.5) is 4.39 Å². The minimum absolute atomic E-state index is 0.125. The molecule has 3 rings (SSSR count). The third kappa shape index (κ3) is 5.73. The van der Waals surface area contributed by atoms with Crippen LogP contribution in [0.3, 0.4) is 0 Å². The highest BCUT2D eigenvalue weighted by atomic mass is 19.1. The van der Waals surface area contributed by atoms with Gasteiger partial charge in [-0.3, -0.25) is 9.79 Å². The molecule has 0 aliphatic carbocycles. The molecule has 0 fully saturated rings. The predicted octanol–water partition coefficient (Wildman–Crippen LogP) is 2.54.